The van der Waals surface area contributed by atoms with Crippen molar-refractivity contribution in [3.05, 3.63) is 65.0 Å². The summed E-state index contributed by atoms with van der Waals surface area (Å²) in [6.45, 7) is 5.56. The van der Waals surface area contributed by atoms with Crippen molar-refractivity contribution in [2.24, 2.45) is 0 Å². The molecule has 2 aromatic rings. The third kappa shape index (κ3) is 4.98. The number of urea groups is 1. The molecule has 27 heavy (non-hydrogen) atoms. The lowest BCUT2D eigenvalue weighted by molar-refractivity contribution is -0.0172. The predicted molar refractivity (Wildman–Crippen MR) is 101 cm³/mol. The molecule has 0 atom stereocenters. The molecule has 0 aromatic heterocycles. The summed E-state index contributed by atoms with van der Waals surface area (Å²) in [5, 5.41) is 5.73. The van der Waals surface area contributed by atoms with E-state index in [0.717, 1.165) is 11.1 Å². The Morgan fingerprint density at radius 1 is 1.19 bits per heavy atom. The molecule has 2 amide bonds. The zero-order valence-corrected chi connectivity index (χ0v) is 15.7. The fraction of sp³-hybridized carbons (Fsp3) is 0.381. The maximum Gasteiger partial charge on any atom is 0.314 e. The summed E-state index contributed by atoms with van der Waals surface area (Å²) in [7, 11) is 0. The van der Waals surface area contributed by atoms with Gasteiger partial charge in [-0.3, -0.25) is 0 Å². The fourth-order valence-corrected chi connectivity index (χ4v) is 3.11. The summed E-state index contributed by atoms with van der Waals surface area (Å²) >= 11 is 0. The Kier molecular flexibility index (Phi) is 5.96. The Morgan fingerprint density at radius 3 is 2.74 bits per heavy atom. The van der Waals surface area contributed by atoms with Crippen LogP contribution >= 0.6 is 0 Å². The van der Waals surface area contributed by atoms with Crippen LogP contribution in [0.5, 0.6) is 5.75 Å². The number of fused-ring (bicyclic) bond motifs is 1. The number of carbonyl (C=O) groups is 1. The SMILES string of the molecule is CC(C)(CNC(=O)NCCc1cc(F)cc2c1OCOC2)c1ccccc1. The van der Waals surface area contributed by atoms with Crippen LogP contribution in [0.1, 0.15) is 30.5 Å². The summed E-state index contributed by atoms with van der Waals surface area (Å²) in [6, 6.07) is 12.7. The quantitative estimate of drug-likeness (QED) is 0.816. The molecule has 1 aliphatic rings. The molecule has 1 aliphatic heterocycles. The molecule has 0 radical (unpaired) electrons. The second-order valence-corrected chi connectivity index (χ2v) is 7.27. The molecule has 0 saturated heterocycles. The van der Waals surface area contributed by atoms with Crippen LogP contribution in [0.4, 0.5) is 9.18 Å². The van der Waals surface area contributed by atoms with Crippen LogP contribution in [-0.4, -0.2) is 25.9 Å². The van der Waals surface area contributed by atoms with Gasteiger partial charge in [0, 0.05) is 24.1 Å². The molecule has 2 aromatic carbocycles. The Labute approximate surface area is 158 Å². The number of benzene rings is 2. The number of halogens is 1. The van der Waals surface area contributed by atoms with Gasteiger partial charge in [0.25, 0.3) is 0 Å². The molecule has 0 saturated carbocycles. The van der Waals surface area contributed by atoms with Gasteiger partial charge in [-0.15, -0.1) is 0 Å². The van der Waals surface area contributed by atoms with Crippen molar-refractivity contribution >= 4 is 6.03 Å². The molecule has 0 spiro atoms. The van der Waals surface area contributed by atoms with Crippen molar-refractivity contribution < 1.29 is 18.7 Å². The minimum atomic E-state index is -0.327. The van der Waals surface area contributed by atoms with Gasteiger partial charge in [0.15, 0.2) is 6.79 Å². The van der Waals surface area contributed by atoms with Crippen LogP contribution in [-0.2, 0) is 23.2 Å². The largest absolute Gasteiger partial charge is 0.467 e. The van der Waals surface area contributed by atoms with Gasteiger partial charge in [-0.1, -0.05) is 44.2 Å². The van der Waals surface area contributed by atoms with Gasteiger partial charge < -0.3 is 20.1 Å². The van der Waals surface area contributed by atoms with E-state index >= 15 is 0 Å². The molecule has 3 rings (SSSR count). The Bertz CT molecular complexity index is 794. The van der Waals surface area contributed by atoms with Crippen molar-refractivity contribution in [1.82, 2.24) is 10.6 Å². The summed E-state index contributed by atoms with van der Waals surface area (Å²) in [5.74, 6) is 0.335. The first-order chi connectivity index (χ1) is 13.0. The van der Waals surface area contributed by atoms with Crippen LogP contribution in [0.25, 0.3) is 0 Å². The highest BCUT2D eigenvalue weighted by Crippen LogP contribution is 2.29. The maximum atomic E-state index is 13.7. The van der Waals surface area contributed by atoms with Crippen LogP contribution < -0.4 is 15.4 Å². The van der Waals surface area contributed by atoms with Gasteiger partial charge in [-0.2, -0.15) is 0 Å². The van der Waals surface area contributed by atoms with Gasteiger partial charge in [0.2, 0.25) is 0 Å². The van der Waals surface area contributed by atoms with E-state index in [1.165, 1.54) is 12.1 Å². The lowest BCUT2D eigenvalue weighted by atomic mass is 9.85. The van der Waals surface area contributed by atoms with Crippen LogP contribution in [0.3, 0.4) is 0 Å². The van der Waals surface area contributed by atoms with E-state index in [9.17, 15) is 9.18 Å². The molecule has 2 N–H and O–H groups in total. The Balaban J connectivity index is 1.50. The summed E-state index contributed by atoms with van der Waals surface area (Å²) in [4.78, 5) is 12.1. The molecule has 5 nitrogen and oxygen atoms in total. The highest BCUT2D eigenvalue weighted by Gasteiger charge is 2.21. The van der Waals surface area contributed by atoms with E-state index in [1.807, 2.05) is 18.2 Å². The standard InChI is InChI=1S/C21H25FN2O3/c1-21(2,17-6-4-3-5-7-17)13-24-20(25)23-9-8-15-10-18(22)11-16-12-26-14-27-19(15)16/h3-7,10-11H,8-9,12-14H2,1-2H3,(H2,23,24,25). The van der Waals surface area contributed by atoms with Crippen LogP contribution in [0, 0.1) is 5.82 Å². The van der Waals surface area contributed by atoms with Crippen molar-refractivity contribution in [1.29, 1.82) is 0 Å². The van der Waals surface area contributed by atoms with Gasteiger partial charge in [-0.05, 0) is 29.7 Å². The smallest absolute Gasteiger partial charge is 0.314 e. The summed E-state index contributed by atoms with van der Waals surface area (Å²) < 4.78 is 24.4. The molecule has 0 aliphatic carbocycles. The second-order valence-electron chi connectivity index (χ2n) is 7.27. The third-order valence-corrected chi connectivity index (χ3v) is 4.68. The zero-order valence-electron chi connectivity index (χ0n) is 15.7. The minimum absolute atomic E-state index is 0.161. The van der Waals surface area contributed by atoms with Crippen molar-refractivity contribution in [3.8, 4) is 5.75 Å². The predicted octanol–water partition coefficient (Wildman–Crippen LogP) is 3.51. The molecule has 144 valence electrons. The monoisotopic (exact) mass is 372 g/mol. The average Bonchev–Trinajstić information content (AvgIpc) is 2.67. The van der Waals surface area contributed by atoms with E-state index in [4.69, 9.17) is 9.47 Å². The van der Waals surface area contributed by atoms with Gasteiger partial charge in [0.1, 0.15) is 11.6 Å². The van der Waals surface area contributed by atoms with E-state index < -0.39 is 0 Å². The van der Waals surface area contributed by atoms with Gasteiger partial charge >= 0.3 is 6.03 Å². The summed E-state index contributed by atoms with van der Waals surface area (Å²) in [5.41, 5.74) is 2.42. The summed E-state index contributed by atoms with van der Waals surface area (Å²) in [6.07, 6.45) is 0.482. The molecule has 0 fully saturated rings. The average molecular weight is 372 g/mol. The van der Waals surface area contributed by atoms with Crippen LogP contribution in [0.2, 0.25) is 0 Å². The lowest BCUT2D eigenvalue weighted by Gasteiger charge is -2.25. The fourth-order valence-electron chi connectivity index (χ4n) is 3.11. The zero-order chi connectivity index (χ0) is 19.3. The van der Waals surface area contributed by atoms with E-state index in [0.29, 0.717) is 37.4 Å². The van der Waals surface area contributed by atoms with Crippen molar-refractivity contribution in [3.63, 3.8) is 0 Å². The molecular weight excluding hydrogens is 347 g/mol. The number of amides is 2. The van der Waals surface area contributed by atoms with Crippen LogP contribution in [0.15, 0.2) is 42.5 Å². The third-order valence-electron chi connectivity index (χ3n) is 4.68. The highest BCUT2D eigenvalue weighted by atomic mass is 19.1. The van der Waals surface area contributed by atoms with Crippen molar-refractivity contribution in [2.75, 3.05) is 19.9 Å². The Morgan fingerprint density at radius 2 is 1.96 bits per heavy atom. The molecule has 6 heteroatoms. The van der Waals surface area contributed by atoms with Gasteiger partial charge in [0.05, 0.1) is 6.61 Å². The first-order valence-electron chi connectivity index (χ1n) is 9.05. The Hall–Kier alpha value is -2.60. The number of carbonyl (C=O) groups excluding carboxylic acids is 1. The van der Waals surface area contributed by atoms with E-state index in [-0.39, 0.29) is 24.1 Å². The molecule has 0 bridgehead atoms. The highest BCUT2D eigenvalue weighted by molar-refractivity contribution is 5.74. The minimum Gasteiger partial charge on any atom is -0.467 e. The molecular formula is C21H25FN2O3. The van der Waals surface area contributed by atoms with E-state index in [2.05, 4.69) is 36.6 Å². The van der Waals surface area contributed by atoms with E-state index in [1.54, 1.807) is 0 Å². The number of nitrogens with one attached hydrogen (secondary N) is 2. The van der Waals surface area contributed by atoms with Gasteiger partial charge in [-0.25, -0.2) is 9.18 Å². The molecule has 1 heterocycles. The number of hydrogen-bond donors (Lipinski definition) is 2. The molecule has 0 unspecified atom stereocenters. The topological polar surface area (TPSA) is 59.6 Å². The number of rotatable bonds is 6. The second kappa shape index (κ2) is 8.39. The normalized spacial score (nSPS) is 13.4. The first-order valence-corrected chi connectivity index (χ1v) is 9.05. The number of ether oxygens (including phenoxy) is 2. The maximum absolute atomic E-state index is 13.7. The number of hydrogen-bond acceptors (Lipinski definition) is 3. The lowest BCUT2D eigenvalue weighted by Crippen LogP contribution is -2.42. The van der Waals surface area contributed by atoms with Crippen molar-refractivity contribution in [2.45, 2.75) is 32.3 Å². The first kappa shape index (κ1) is 19.2.